The molecule has 4 aromatic carbocycles. The molecule has 1 fully saturated rings. The maximum absolute atomic E-state index is 15.7. The van der Waals surface area contributed by atoms with Gasteiger partial charge in [-0.25, -0.2) is 8.78 Å². The topological polar surface area (TPSA) is 54.8 Å². The number of carbonyl (C=O) groups excluding carboxylic acids is 1. The number of nitrogens with zero attached hydrogens (tertiary/aromatic N) is 3. The molecule has 2 heterocycles. The number of amides is 1. The number of benzene rings is 4. The van der Waals surface area contributed by atoms with Crippen LogP contribution in [0.3, 0.4) is 0 Å². The molecule has 5 aromatic rings. The number of ether oxygens (including phenoxy) is 1. The van der Waals surface area contributed by atoms with Crippen LogP contribution in [-0.4, -0.2) is 59.4 Å². The van der Waals surface area contributed by atoms with Gasteiger partial charge in [0.1, 0.15) is 6.54 Å². The van der Waals surface area contributed by atoms with Crippen molar-refractivity contribution in [3.63, 3.8) is 0 Å². The molecule has 12 heteroatoms. The van der Waals surface area contributed by atoms with E-state index < -0.39 is 261 Å². The maximum atomic E-state index is 15.7. The summed E-state index contributed by atoms with van der Waals surface area (Å²) >= 11 is -0.621. The number of hydrogen-bond acceptors (Lipinski definition) is 5. The summed E-state index contributed by atoms with van der Waals surface area (Å²) in [6.07, 6.45) is -14.8. The molecule has 1 saturated heterocycles. The highest BCUT2D eigenvalue weighted by Crippen LogP contribution is 2.32. The van der Waals surface area contributed by atoms with Crippen molar-refractivity contribution in [1.82, 2.24) is 14.4 Å². The molecule has 1 aliphatic rings. The van der Waals surface area contributed by atoms with Gasteiger partial charge in [0.15, 0.2) is 17.1 Å². The zero-order chi connectivity index (χ0) is 64.9. The largest absolute Gasteiger partial charge is 0.416 e. The Morgan fingerprint density at radius 2 is 1.75 bits per heavy atom. The Balaban J connectivity index is 1.76. The molecule has 53 heavy (non-hydrogen) atoms. The van der Waals surface area contributed by atoms with Crippen LogP contribution in [0, 0.1) is 18.6 Å². The summed E-state index contributed by atoms with van der Waals surface area (Å²) in [7, 11) is -3.72. The molecule has 0 N–H and O–H groups in total. The van der Waals surface area contributed by atoms with E-state index in [1.54, 1.807) is 0 Å². The van der Waals surface area contributed by atoms with Crippen molar-refractivity contribution in [2.75, 3.05) is 33.1 Å². The number of hydrogen-bond donors (Lipinski definition) is 0. The van der Waals surface area contributed by atoms with E-state index in [2.05, 4.69) is 4.74 Å². The molecule has 0 unspecified atom stereocenters. The zero-order valence-corrected chi connectivity index (χ0v) is 27.3. The van der Waals surface area contributed by atoms with Crippen LogP contribution in [0.1, 0.15) is 77.5 Å². The fourth-order valence-corrected chi connectivity index (χ4v) is 5.19. The normalized spacial score (nSPS) is 27.8. The highest BCUT2D eigenvalue weighted by Gasteiger charge is 2.31. The number of thioether (sulfide) groups is 1. The Morgan fingerprint density at radius 1 is 1.02 bits per heavy atom. The number of halogens is 5. The van der Waals surface area contributed by atoms with Crippen molar-refractivity contribution in [2.45, 2.75) is 55.7 Å². The number of likely N-dealkylation sites (tertiary alicyclic amines) is 1. The third-order valence-corrected chi connectivity index (χ3v) is 7.83. The molecule has 6 rings (SSSR count). The van der Waals surface area contributed by atoms with E-state index in [0.29, 0.717) is 0 Å². The fraction of sp³-hybridized carbons (Fsp3) is 0.317. The summed E-state index contributed by atoms with van der Waals surface area (Å²) in [4.78, 5) is 28.8. The maximum Gasteiger partial charge on any atom is 0.416 e. The third-order valence-electron chi connectivity index (χ3n) is 7.01. The Bertz CT molecular complexity index is 3570. The van der Waals surface area contributed by atoms with Crippen LogP contribution in [-0.2, 0) is 34.5 Å². The number of alkyl halides is 3. The van der Waals surface area contributed by atoms with Gasteiger partial charge in [0.05, 0.1) is 51.5 Å². The van der Waals surface area contributed by atoms with Gasteiger partial charge < -0.3 is 19.1 Å². The Morgan fingerprint density at radius 3 is 2.49 bits per heavy atom. The first kappa shape index (κ1) is 15.3. The number of pyridine rings is 1. The average molecular weight is 781 g/mol. The second-order valence-corrected chi connectivity index (χ2v) is 11.2. The number of aromatic nitrogens is 1. The number of methoxy groups -OCH3 is 1. The Kier molecular flexibility index (Phi) is 4.81. The van der Waals surface area contributed by atoms with E-state index in [1.807, 2.05) is 0 Å². The monoisotopic (exact) mass is 780 g/mol. The number of carbonyl (C=O) groups is 1. The number of piperidine rings is 1. The van der Waals surface area contributed by atoms with Crippen LogP contribution in [0.25, 0.3) is 22.0 Å². The molecule has 0 spiro atoms. The molecular weight excluding hydrogens is 710 g/mol. The van der Waals surface area contributed by atoms with Crippen molar-refractivity contribution in [1.29, 1.82) is 0 Å². The standard InChI is InChI=1S/C41H40F5N3O3S/c1-27-22-29(28-12-14-32(15-13-28)41(44,45)46)10-11-30(27)24-48(33-16-18-47(19-17-33)20-21-52-2)38(51)25-49-36-9-4-3-7-34(36)37(50)23-39(49)53-26-31-6-5-8-35(42)40(31)43/h3-15,22-23,33H,16-21,24-26H2,1-2H3/i2D3,3D,4D,5D,6D,7D,8D,9D,10D,11D,12D,13D,14D,15D,16D2,17D2,18D2,19D2,21D2,22D,23D,26D2,33D. The van der Waals surface area contributed by atoms with Crippen molar-refractivity contribution < 1.29 is 74.0 Å². The van der Waals surface area contributed by atoms with E-state index >= 15 is 13.6 Å². The molecule has 0 radical (unpaired) electrons. The van der Waals surface area contributed by atoms with E-state index in [4.69, 9.17) is 35.6 Å². The highest BCUT2D eigenvalue weighted by molar-refractivity contribution is 7.98. The van der Waals surface area contributed by atoms with E-state index in [1.165, 1.54) is 0 Å². The quantitative estimate of drug-likeness (QED) is 0.0938. The van der Waals surface area contributed by atoms with Gasteiger partial charge in [-0.05, 0) is 72.1 Å². The van der Waals surface area contributed by atoms with Crippen LogP contribution in [0.15, 0.2) is 100 Å². The summed E-state index contributed by atoms with van der Waals surface area (Å²) in [6.45, 7) is -17.9. The highest BCUT2D eigenvalue weighted by atomic mass is 32.2. The first-order valence-corrected chi connectivity index (χ1v) is 15.3. The SMILES string of the molecule is [2H]c1c([2H])c(F)c(F)c(C([2H])([2H])Sc2c([2H])c(=O)c3c([2H])c([2H])c([2H])c([2H])c3n2CC(=O)N(Cc2c([2H])c([2H])c(-c3c([2H])c([2H])c(C(F)(F)F)c([2H])c3[2H])c([2H])c2C)C2([2H])C([2H])([2H])C([2H])([2H])N(CC([2H])([2H])OC([2H])([2H])[2H])C([2H])([2H])C2([2H])[2H])c1[2H]. The lowest BCUT2D eigenvalue weighted by Gasteiger charge is -2.39. The van der Waals surface area contributed by atoms with Crippen LogP contribution < -0.4 is 5.43 Å². The van der Waals surface area contributed by atoms with Gasteiger partial charge in [0.2, 0.25) is 5.91 Å². The molecule has 0 atom stereocenters. The van der Waals surface area contributed by atoms with Gasteiger partial charge >= 0.3 is 6.18 Å². The van der Waals surface area contributed by atoms with E-state index in [0.717, 1.165) is 6.92 Å². The van der Waals surface area contributed by atoms with Crippen molar-refractivity contribution >= 4 is 28.6 Å². The predicted octanol–water partition coefficient (Wildman–Crippen LogP) is 8.71. The van der Waals surface area contributed by atoms with Crippen LogP contribution in [0.4, 0.5) is 22.0 Å². The molecule has 1 amide bonds. The Hall–Kier alpha value is -4.52. The summed E-state index contributed by atoms with van der Waals surface area (Å²) in [5.41, 5.74) is -14.8. The van der Waals surface area contributed by atoms with E-state index in [-0.39, 0.29) is 4.57 Å². The lowest BCUT2D eigenvalue weighted by atomic mass is 9.97. The van der Waals surface area contributed by atoms with Gasteiger partial charge in [-0.3, -0.25) is 9.59 Å². The summed E-state index contributed by atoms with van der Waals surface area (Å²) < 4.78 is 344. The lowest BCUT2D eigenvalue weighted by molar-refractivity contribution is -0.137. The molecule has 6 nitrogen and oxygen atoms in total. The first-order valence-electron chi connectivity index (χ1n) is 30.0. The van der Waals surface area contributed by atoms with Crippen LogP contribution in [0.5, 0.6) is 0 Å². The smallest absolute Gasteiger partial charge is 0.383 e. The second-order valence-electron chi connectivity index (χ2n) is 10.4. The number of para-hydroxylation sites is 1. The van der Waals surface area contributed by atoms with Crippen molar-refractivity contribution in [3.8, 4) is 11.1 Å². The molecular formula is C41H40F5N3O3S. The minimum Gasteiger partial charge on any atom is -0.383 e. The van der Waals surface area contributed by atoms with Gasteiger partial charge in [-0.1, -0.05) is 54.4 Å². The average Bonchev–Trinajstić information content (AvgIpc) is 0.680. The molecule has 1 aromatic heterocycles. The zero-order valence-electron chi connectivity index (χ0n) is 57.5. The summed E-state index contributed by atoms with van der Waals surface area (Å²) in [6, 6.07) is -26.6. The minimum atomic E-state index is -5.53. The molecule has 0 saturated carbocycles. The third kappa shape index (κ3) is 9.00. The van der Waals surface area contributed by atoms with Crippen LogP contribution in [0.2, 0.25) is 0 Å². The second kappa shape index (κ2) is 16.7. The fourth-order valence-electron chi connectivity index (χ4n) is 4.44. The summed E-state index contributed by atoms with van der Waals surface area (Å²) in [5, 5.41) is -2.64. The van der Waals surface area contributed by atoms with Crippen molar-refractivity contribution in [3.05, 3.63) is 135 Å². The van der Waals surface area contributed by atoms with Gasteiger partial charge in [0, 0.05) is 75.5 Å². The Labute approximate surface area is 352 Å². The first-order chi connectivity index (χ1) is 37.7. The predicted molar refractivity (Wildman–Crippen MR) is 198 cm³/mol. The molecule has 0 bridgehead atoms. The minimum absolute atomic E-state index is 0.108. The van der Waals surface area contributed by atoms with Crippen molar-refractivity contribution in [2.24, 2.45) is 0 Å². The van der Waals surface area contributed by atoms with Gasteiger partial charge in [-0.15, -0.1) is 11.8 Å². The van der Waals surface area contributed by atoms with E-state index in [9.17, 15) is 24.8 Å². The molecule has 1 aliphatic heterocycles. The van der Waals surface area contributed by atoms with Crippen LogP contribution >= 0.6 is 11.8 Å². The number of fused-ring (bicyclic) bond motifs is 1. The molecule has 0 aliphatic carbocycles. The lowest BCUT2D eigenvalue weighted by Crippen LogP contribution is -2.48. The molecule has 278 valence electrons. The van der Waals surface area contributed by atoms with Gasteiger partial charge in [0.25, 0.3) is 0 Å². The van der Waals surface area contributed by atoms with Gasteiger partial charge in [-0.2, -0.15) is 13.2 Å². The number of rotatable bonds is 12. The summed E-state index contributed by atoms with van der Waals surface area (Å²) in [5.74, 6) is -6.73.